The summed E-state index contributed by atoms with van der Waals surface area (Å²) in [5, 5.41) is 3.62. The monoisotopic (exact) mass is 245 g/mol. The normalized spacial score (nSPS) is 21.9. The third kappa shape index (κ3) is 2.38. The first-order chi connectivity index (χ1) is 8.61. The summed E-state index contributed by atoms with van der Waals surface area (Å²) in [5.41, 5.74) is 4.00. The molecule has 0 saturated heterocycles. The summed E-state index contributed by atoms with van der Waals surface area (Å²) in [4.78, 5) is 0. The maximum atomic E-state index is 5.59. The summed E-state index contributed by atoms with van der Waals surface area (Å²) in [6.07, 6.45) is 4.51. The number of allylic oxidation sites excluding steroid dienone is 1. The van der Waals surface area contributed by atoms with Crippen LogP contribution in [0.5, 0.6) is 5.75 Å². The van der Waals surface area contributed by atoms with Crippen LogP contribution in [0, 0.1) is 0 Å². The second-order valence-electron chi connectivity index (χ2n) is 5.06. The van der Waals surface area contributed by atoms with E-state index >= 15 is 0 Å². The third-order valence-corrected chi connectivity index (χ3v) is 3.68. The van der Waals surface area contributed by atoms with Gasteiger partial charge in [-0.3, -0.25) is 0 Å². The van der Waals surface area contributed by atoms with Gasteiger partial charge in [0.1, 0.15) is 5.75 Å². The maximum absolute atomic E-state index is 5.59. The first kappa shape index (κ1) is 13.0. The Bertz CT molecular complexity index is 464. The molecule has 0 radical (unpaired) electrons. The van der Waals surface area contributed by atoms with Gasteiger partial charge < -0.3 is 10.1 Å². The molecule has 1 aromatic rings. The van der Waals surface area contributed by atoms with Crippen molar-refractivity contribution >= 4 is 11.3 Å². The molecule has 18 heavy (non-hydrogen) atoms. The van der Waals surface area contributed by atoms with E-state index in [1.807, 2.05) is 13.0 Å². The molecule has 2 nitrogen and oxygen atoms in total. The lowest BCUT2D eigenvalue weighted by molar-refractivity contribution is 0.340. The zero-order valence-corrected chi connectivity index (χ0v) is 11.8. The lowest BCUT2D eigenvalue weighted by Crippen LogP contribution is -2.34. The van der Waals surface area contributed by atoms with Crippen LogP contribution in [0.15, 0.2) is 24.3 Å². The fraction of sp³-hybridized carbons (Fsp3) is 0.500. The van der Waals surface area contributed by atoms with Crippen molar-refractivity contribution in [2.45, 2.75) is 46.1 Å². The van der Waals surface area contributed by atoms with E-state index in [1.165, 1.54) is 16.8 Å². The average molecular weight is 245 g/mol. The summed E-state index contributed by atoms with van der Waals surface area (Å²) >= 11 is 0. The Balaban J connectivity index is 2.43. The Labute approximate surface area is 110 Å². The first-order valence-electron chi connectivity index (χ1n) is 6.89. The minimum Gasteiger partial charge on any atom is -0.494 e. The van der Waals surface area contributed by atoms with E-state index in [4.69, 9.17) is 4.74 Å². The molecule has 2 rings (SSSR count). The van der Waals surface area contributed by atoms with Gasteiger partial charge >= 0.3 is 0 Å². The third-order valence-electron chi connectivity index (χ3n) is 3.68. The molecule has 0 aromatic heterocycles. The molecule has 0 aliphatic carbocycles. The molecule has 0 fully saturated rings. The fourth-order valence-electron chi connectivity index (χ4n) is 2.44. The Kier molecular flexibility index (Phi) is 3.65. The van der Waals surface area contributed by atoms with Crippen molar-refractivity contribution in [2.75, 3.05) is 11.9 Å². The smallest absolute Gasteiger partial charge is 0.120 e. The van der Waals surface area contributed by atoms with Crippen molar-refractivity contribution in [2.24, 2.45) is 0 Å². The van der Waals surface area contributed by atoms with Gasteiger partial charge in [-0.15, -0.1) is 0 Å². The molecular formula is C16H23NO. The molecule has 1 atom stereocenters. The van der Waals surface area contributed by atoms with Crippen LogP contribution in [-0.2, 0) is 0 Å². The highest BCUT2D eigenvalue weighted by atomic mass is 16.5. The van der Waals surface area contributed by atoms with E-state index in [2.05, 4.69) is 44.3 Å². The Morgan fingerprint density at radius 1 is 1.22 bits per heavy atom. The minimum absolute atomic E-state index is 0.0749. The highest BCUT2D eigenvalue weighted by Crippen LogP contribution is 2.38. The summed E-state index contributed by atoms with van der Waals surface area (Å²) < 4.78 is 5.59. The molecule has 1 unspecified atom stereocenters. The van der Waals surface area contributed by atoms with Crippen molar-refractivity contribution in [3.8, 4) is 5.75 Å². The van der Waals surface area contributed by atoms with E-state index in [0.29, 0.717) is 6.61 Å². The van der Waals surface area contributed by atoms with Gasteiger partial charge in [0.15, 0.2) is 0 Å². The van der Waals surface area contributed by atoms with Gasteiger partial charge in [0.25, 0.3) is 0 Å². The largest absolute Gasteiger partial charge is 0.494 e. The second kappa shape index (κ2) is 5.05. The van der Waals surface area contributed by atoms with E-state index in [0.717, 1.165) is 18.6 Å². The van der Waals surface area contributed by atoms with Crippen LogP contribution < -0.4 is 10.1 Å². The van der Waals surface area contributed by atoms with Gasteiger partial charge in [-0.25, -0.2) is 0 Å². The van der Waals surface area contributed by atoms with Crippen molar-refractivity contribution < 1.29 is 4.74 Å². The topological polar surface area (TPSA) is 21.3 Å². The minimum atomic E-state index is 0.0749. The lowest BCUT2D eigenvalue weighted by Gasteiger charge is -2.34. The zero-order chi connectivity index (χ0) is 13.2. The SMILES string of the molecule is CCOc1ccc2c(c1)C(CC)=CC(C)(CC)N2. The van der Waals surface area contributed by atoms with Crippen LogP contribution in [0.1, 0.15) is 46.1 Å². The number of nitrogens with one attached hydrogen (secondary N) is 1. The van der Waals surface area contributed by atoms with Gasteiger partial charge in [0, 0.05) is 11.3 Å². The van der Waals surface area contributed by atoms with E-state index < -0.39 is 0 Å². The van der Waals surface area contributed by atoms with Crippen LogP contribution in [0.25, 0.3) is 5.57 Å². The molecule has 0 spiro atoms. The second-order valence-corrected chi connectivity index (χ2v) is 5.06. The maximum Gasteiger partial charge on any atom is 0.120 e. The van der Waals surface area contributed by atoms with E-state index in [1.54, 1.807) is 0 Å². The van der Waals surface area contributed by atoms with Crippen molar-refractivity contribution in [1.82, 2.24) is 0 Å². The molecule has 0 bridgehead atoms. The number of benzene rings is 1. The number of hydrogen-bond donors (Lipinski definition) is 1. The van der Waals surface area contributed by atoms with Crippen LogP contribution in [0.4, 0.5) is 5.69 Å². The molecule has 2 heteroatoms. The van der Waals surface area contributed by atoms with Crippen LogP contribution in [-0.4, -0.2) is 12.1 Å². The van der Waals surface area contributed by atoms with Gasteiger partial charge in [-0.05, 0) is 50.5 Å². The van der Waals surface area contributed by atoms with E-state index in [9.17, 15) is 0 Å². The first-order valence-corrected chi connectivity index (χ1v) is 6.89. The number of anilines is 1. The summed E-state index contributed by atoms with van der Waals surface area (Å²) in [6.45, 7) is 9.41. The average Bonchev–Trinajstić information content (AvgIpc) is 2.38. The molecule has 0 amide bonds. The molecule has 1 aliphatic heterocycles. The van der Waals surface area contributed by atoms with Gasteiger partial charge in [-0.1, -0.05) is 19.9 Å². The highest BCUT2D eigenvalue weighted by molar-refractivity contribution is 5.81. The molecule has 1 heterocycles. The zero-order valence-electron chi connectivity index (χ0n) is 11.8. The fourth-order valence-corrected chi connectivity index (χ4v) is 2.44. The van der Waals surface area contributed by atoms with Crippen LogP contribution in [0.2, 0.25) is 0 Å². The van der Waals surface area contributed by atoms with Gasteiger partial charge in [0.05, 0.1) is 12.1 Å². The Morgan fingerprint density at radius 3 is 2.61 bits per heavy atom. The summed E-state index contributed by atoms with van der Waals surface area (Å²) in [7, 11) is 0. The molecule has 1 aliphatic rings. The number of fused-ring (bicyclic) bond motifs is 1. The standard InChI is InChI=1S/C16H23NO/c1-5-12-11-16(4,6-2)17-15-9-8-13(18-7-3)10-14(12)15/h8-11,17H,5-7H2,1-4H3. The summed E-state index contributed by atoms with van der Waals surface area (Å²) in [5.74, 6) is 0.956. The number of hydrogen-bond acceptors (Lipinski definition) is 2. The molecular weight excluding hydrogens is 222 g/mol. The summed E-state index contributed by atoms with van der Waals surface area (Å²) in [6, 6.07) is 6.33. The predicted octanol–water partition coefficient (Wildman–Crippen LogP) is 4.47. The molecule has 0 saturated carbocycles. The molecule has 1 aromatic carbocycles. The molecule has 98 valence electrons. The van der Waals surface area contributed by atoms with Crippen molar-refractivity contribution in [1.29, 1.82) is 0 Å². The van der Waals surface area contributed by atoms with Crippen LogP contribution >= 0.6 is 0 Å². The predicted molar refractivity (Wildman–Crippen MR) is 78.2 cm³/mol. The van der Waals surface area contributed by atoms with Crippen molar-refractivity contribution in [3.63, 3.8) is 0 Å². The quantitative estimate of drug-likeness (QED) is 0.844. The molecule has 1 N–H and O–H groups in total. The Hall–Kier alpha value is -1.44. The number of rotatable bonds is 4. The number of ether oxygens (including phenoxy) is 1. The van der Waals surface area contributed by atoms with Gasteiger partial charge in [-0.2, -0.15) is 0 Å². The Morgan fingerprint density at radius 2 is 2.00 bits per heavy atom. The van der Waals surface area contributed by atoms with E-state index in [-0.39, 0.29) is 5.54 Å². The van der Waals surface area contributed by atoms with Crippen LogP contribution in [0.3, 0.4) is 0 Å². The highest BCUT2D eigenvalue weighted by Gasteiger charge is 2.26. The lowest BCUT2D eigenvalue weighted by atomic mass is 9.86. The van der Waals surface area contributed by atoms with Gasteiger partial charge in [0.2, 0.25) is 0 Å². The van der Waals surface area contributed by atoms with Crippen molar-refractivity contribution in [3.05, 3.63) is 29.8 Å².